The number of fused-ring (bicyclic) bond motifs is 4. The Hall–Kier alpha value is -3.59. The van der Waals surface area contributed by atoms with Crippen LogP contribution in [0.1, 0.15) is 86.1 Å². The molecular formula is C33H36FN3O4S. The summed E-state index contributed by atoms with van der Waals surface area (Å²) in [4.78, 5) is 42.9. The molecule has 0 N–H and O–H groups in total. The van der Waals surface area contributed by atoms with E-state index in [1.165, 1.54) is 12.1 Å². The second kappa shape index (κ2) is 11.6. The average molecular weight is 590 g/mol. The molecule has 2 aromatic carbocycles. The van der Waals surface area contributed by atoms with Gasteiger partial charge in [-0.1, -0.05) is 70.4 Å². The summed E-state index contributed by atoms with van der Waals surface area (Å²) in [6, 6.07) is 13.9. The molecule has 4 heterocycles. The fourth-order valence-corrected chi connectivity index (χ4v) is 7.57. The fourth-order valence-electron chi connectivity index (χ4n) is 6.48. The molecule has 42 heavy (non-hydrogen) atoms. The van der Waals surface area contributed by atoms with Crippen molar-refractivity contribution in [1.29, 1.82) is 0 Å². The Morgan fingerprint density at radius 1 is 1.12 bits per heavy atom. The normalized spacial score (nSPS) is 21.3. The first kappa shape index (κ1) is 28.5. The number of hydrogen-bond donors (Lipinski definition) is 0. The van der Waals surface area contributed by atoms with Gasteiger partial charge in [-0.25, -0.2) is 4.39 Å². The Morgan fingerprint density at radius 3 is 2.71 bits per heavy atom. The third kappa shape index (κ3) is 4.91. The minimum atomic E-state index is -0.590. The topological polar surface area (TPSA) is 71.8 Å². The highest BCUT2D eigenvalue weighted by molar-refractivity contribution is 7.98. The van der Waals surface area contributed by atoms with Crippen LogP contribution in [0.15, 0.2) is 64.4 Å². The summed E-state index contributed by atoms with van der Waals surface area (Å²) >= 11 is 1.67. The maximum absolute atomic E-state index is 16.0. The summed E-state index contributed by atoms with van der Waals surface area (Å²) < 4.78 is 23.3. The van der Waals surface area contributed by atoms with Gasteiger partial charge in [0.1, 0.15) is 18.0 Å². The third-order valence-electron chi connectivity index (χ3n) is 8.65. The van der Waals surface area contributed by atoms with Gasteiger partial charge in [0.15, 0.2) is 5.69 Å². The van der Waals surface area contributed by atoms with E-state index in [2.05, 4.69) is 18.0 Å². The van der Waals surface area contributed by atoms with Crippen LogP contribution in [-0.2, 0) is 10.5 Å². The number of esters is 1. The number of carbonyl (C=O) groups excluding carboxylic acids is 2. The standard InChI is InChI=1S/C33H36FN3O4S/c1-4-5-9-21-14-16-35-27(18-21)37(36-17-15-25(38)31(30(36)32(35)39)41-33(40)20(2)3)29-23-11-6-7-13-26(23)42-19-22-10-8-12-24(34)28(22)29/h6-8,10-13,15,17,20-21,27,29H,4-5,9,14,16,18-19H2,1-3H3. The predicted molar refractivity (Wildman–Crippen MR) is 161 cm³/mol. The van der Waals surface area contributed by atoms with Gasteiger partial charge in [-0.2, -0.15) is 0 Å². The number of nitrogens with zero attached hydrogens (tertiary/aromatic N) is 3. The number of thioether (sulfide) groups is 1. The number of ether oxygens (including phenoxy) is 1. The van der Waals surface area contributed by atoms with Crippen molar-refractivity contribution in [3.63, 3.8) is 0 Å². The van der Waals surface area contributed by atoms with Crippen LogP contribution in [0.5, 0.6) is 5.75 Å². The van der Waals surface area contributed by atoms with E-state index < -0.39 is 23.4 Å². The summed E-state index contributed by atoms with van der Waals surface area (Å²) in [6.07, 6.45) is 6.00. The number of benzene rings is 2. The number of carbonyl (C=O) groups is 2. The van der Waals surface area contributed by atoms with Crippen LogP contribution in [0.25, 0.3) is 0 Å². The van der Waals surface area contributed by atoms with Crippen molar-refractivity contribution in [3.8, 4) is 5.75 Å². The molecule has 1 aromatic heterocycles. The highest BCUT2D eigenvalue weighted by atomic mass is 32.2. The molecule has 3 aromatic rings. The van der Waals surface area contributed by atoms with Gasteiger partial charge in [0.25, 0.3) is 5.91 Å². The first-order chi connectivity index (χ1) is 20.3. The van der Waals surface area contributed by atoms with Gasteiger partial charge >= 0.3 is 5.97 Å². The number of unbranched alkanes of at least 4 members (excludes halogenated alkanes) is 1. The van der Waals surface area contributed by atoms with Crippen LogP contribution < -0.4 is 15.2 Å². The molecule has 1 saturated heterocycles. The van der Waals surface area contributed by atoms with Crippen LogP contribution in [0.2, 0.25) is 0 Å². The number of pyridine rings is 1. The Labute approximate surface area is 249 Å². The molecule has 7 nitrogen and oxygen atoms in total. The van der Waals surface area contributed by atoms with E-state index in [9.17, 15) is 14.4 Å². The Morgan fingerprint density at radius 2 is 1.93 bits per heavy atom. The molecule has 0 radical (unpaired) electrons. The monoisotopic (exact) mass is 589 g/mol. The molecule has 0 aliphatic carbocycles. The maximum Gasteiger partial charge on any atom is 0.313 e. The summed E-state index contributed by atoms with van der Waals surface area (Å²) in [5.41, 5.74) is 1.85. The first-order valence-corrected chi connectivity index (χ1v) is 15.8. The molecule has 3 atom stereocenters. The van der Waals surface area contributed by atoms with Gasteiger partial charge in [0.2, 0.25) is 11.2 Å². The zero-order chi connectivity index (χ0) is 29.5. The third-order valence-corrected chi connectivity index (χ3v) is 9.79. The van der Waals surface area contributed by atoms with Crippen molar-refractivity contribution in [2.75, 3.05) is 11.6 Å². The van der Waals surface area contributed by atoms with Crippen LogP contribution in [0, 0.1) is 17.7 Å². The van der Waals surface area contributed by atoms with E-state index in [-0.39, 0.29) is 29.3 Å². The van der Waals surface area contributed by atoms with Crippen molar-refractivity contribution in [1.82, 2.24) is 9.58 Å². The lowest BCUT2D eigenvalue weighted by Crippen LogP contribution is -2.64. The highest BCUT2D eigenvalue weighted by Gasteiger charge is 2.47. The lowest BCUT2D eigenvalue weighted by molar-refractivity contribution is -0.137. The molecule has 3 unspecified atom stereocenters. The molecule has 0 saturated carbocycles. The molecule has 220 valence electrons. The van der Waals surface area contributed by atoms with Gasteiger partial charge in [-0.3, -0.25) is 24.1 Å². The first-order valence-electron chi connectivity index (χ1n) is 14.9. The van der Waals surface area contributed by atoms with Gasteiger partial charge in [-0.05, 0) is 42.0 Å². The molecule has 9 heteroatoms. The number of rotatable bonds is 6. The van der Waals surface area contributed by atoms with E-state index in [0.29, 0.717) is 30.2 Å². The van der Waals surface area contributed by atoms with Crippen molar-refractivity contribution >= 4 is 23.6 Å². The van der Waals surface area contributed by atoms with Gasteiger partial charge < -0.3 is 9.64 Å². The quantitative estimate of drug-likeness (QED) is 0.316. The smallest absolute Gasteiger partial charge is 0.313 e. The van der Waals surface area contributed by atoms with Crippen molar-refractivity contribution in [3.05, 3.63) is 93.2 Å². The Bertz CT molecular complexity index is 1590. The minimum absolute atomic E-state index is 0.00651. The predicted octanol–water partition coefficient (Wildman–Crippen LogP) is 6.26. The molecule has 0 spiro atoms. The van der Waals surface area contributed by atoms with Crippen molar-refractivity contribution < 1.29 is 18.7 Å². The summed E-state index contributed by atoms with van der Waals surface area (Å²) in [5.74, 6) is -1.01. The number of aromatic nitrogens is 1. The van der Waals surface area contributed by atoms with Gasteiger partial charge in [0.05, 0.1) is 5.92 Å². The second-order valence-electron chi connectivity index (χ2n) is 11.7. The maximum atomic E-state index is 16.0. The molecule has 0 bridgehead atoms. The van der Waals surface area contributed by atoms with Gasteiger partial charge in [-0.15, -0.1) is 11.8 Å². The molecule has 3 aliphatic rings. The van der Waals surface area contributed by atoms with Crippen LogP contribution in [0.3, 0.4) is 0 Å². The van der Waals surface area contributed by atoms with Crippen LogP contribution in [0.4, 0.5) is 4.39 Å². The summed E-state index contributed by atoms with van der Waals surface area (Å²) in [6.45, 7) is 6.04. The van der Waals surface area contributed by atoms with Crippen LogP contribution >= 0.6 is 11.8 Å². The van der Waals surface area contributed by atoms with E-state index in [0.717, 1.165) is 41.7 Å². The zero-order valence-electron chi connectivity index (χ0n) is 24.2. The molecule has 1 amide bonds. The number of piperidine rings is 1. The fraction of sp³-hybridized carbons (Fsp3) is 0.424. The average Bonchev–Trinajstić information content (AvgIpc) is 3.15. The lowest BCUT2D eigenvalue weighted by Gasteiger charge is -2.53. The largest absolute Gasteiger partial charge is 0.420 e. The van der Waals surface area contributed by atoms with E-state index >= 15 is 4.39 Å². The lowest BCUT2D eigenvalue weighted by atomic mass is 9.86. The van der Waals surface area contributed by atoms with E-state index in [1.54, 1.807) is 47.4 Å². The SMILES string of the molecule is CCCCC1CCN2C(=O)c3c(OC(=O)C(C)C)c(=O)ccn3N(C3c4ccccc4SCc4cccc(F)c43)C2C1. The molecular weight excluding hydrogens is 553 g/mol. The molecule has 1 fully saturated rings. The highest BCUT2D eigenvalue weighted by Crippen LogP contribution is 2.46. The Kier molecular flexibility index (Phi) is 7.87. The van der Waals surface area contributed by atoms with Crippen molar-refractivity contribution in [2.45, 2.75) is 75.7 Å². The molecule has 6 rings (SSSR count). The number of amides is 1. The van der Waals surface area contributed by atoms with Crippen LogP contribution in [-0.4, -0.2) is 34.2 Å². The Balaban J connectivity index is 1.61. The zero-order valence-corrected chi connectivity index (χ0v) is 25.0. The number of halogens is 1. The minimum Gasteiger partial charge on any atom is -0.420 e. The summed E-state index contributed by atoms with van der Waals surface area (Å²) in [7, 11) is 0. The van der Waals surface area contributed by atoms with Crippen molar-refractivity contribution in [2.24, 2.45) is 11.8 Å². The van der Waals surface area contributed by atoms with Gasteiger partial charge in [0, 0.05) is 35.0 Å². The second-order valence-corrected chi connectivity index (χ2v) is 12.7. The summed E-state index contributed by atoms with van der Waals surface area (Å²) in [5, 5.41) is 2.06. The number of hydrogen-bond acceptors (Lipinski definition) is 6. The molecule has 3 aliphatic heterocycles. The van der Waals surface area contributed by atoms with E-state index in [4.69, 9.17) is 4.74 Å². The van der Waals surface area contributed by atoms with E-state index in [1.807, 2.05) is 24.3 Å².